The molecule has 3 N–H and O–H groups in total. The van der Waals surface area contributed by atoms with Crippen molar-refractivity contribution in [3.63, 3.8) is 0 Å². The third-order valence-electron chi connectivity index (χ3n) is 3.52. The highest BCUT2D eigenvalue weighted by Gasteiger charge is 2.26. The van der Waals surface area contributed by atoms with E-state index in [1.165, 1.54) is 0 Å². The van der Waals surface area contributed by atoms with Crippen molar-refractivity contribution in [3.8, 4) is 6.07 Å². The molecule has 2 rings (SSSR count). The molecule has 6 heteroatoms. The molecule has 1 amide bonds. The lowest BCUT2D eigenvalue weighted by Crippen LogP contribution is -2.48. The predicted molar refractivity (Wildman–Crippen MR) is 79.7 cm³/mol. The summed E-state index contributed by atoms with van der Waals surface area (Å²) in [6.07, 6.45) is 2.93. The summed E-state index contributed by atoms with van der Waals surface area (Å²) >= 11 is 3.36. The number of hydrogen-bond acceptors (Lipinski definition) is 3. The van der Waals surface area contributed by atoms with Crippen LogP contribution in [-0.4, -0.2) is 23.3 Å². The van der Waals surface area contributed by atoms with Crippen LogP contribution in [-0.2, 0) is 0 Å². The van der Waals surface area contributed by atoms with Crippen molar-refractivity contribution < 1.29 is 9.90 Å². The second-order valence-corrected chi connectivity index (χ2v) is 5.75. The van der Waals surface area contributed by atoms with E-state index in [2.05, 4.69) is 32.6 Å². The van der Waals surface area contributed by atoms with E-state index in [4.69, 9.17) is 10.4 Å². The summed E-state index contributed by atoms with van der Waals surface area (Å²) in [6.45, 7) is 0. The highest BCUT2D eigenvalue weighted by atomic mass is 79.9. The zero-order valence-corrected chi connectivity index (χ0v) is 12.5. The van der Waals surface area contributed by atoms with Gasteiger partial charge in [-0.15, -0.1) is 0 Å². The Bertz CT molecular complexity index is 542. The average Bonchev–Trinajstić information content (AvgIpc) is 2.41. The Kier molecular flexibility index (Phi) is 4.85. The van der Waals surface area contributed by atoms with Gasteiger partial charge in [0.05, 0.1) is 11.6 Å². The lowest BCUT2D eigenvalue weighted by Gasteiger charge is -2.32. The number of nitriles is 1. The van der Waals surface area contributed by atoms with Crippen molar-refractivity contribution in [1.82, 2.24) is 5.32 Å². The number of carbonyl (C=O) groups is 1. The van der Waals surface area contributed by atoms with Crippen LogP contribution in [0.5, 0.6) is 0 Å². The summed E-state index contributed by atoms with van der Waals surface area (Å²) in [7, 11) is 0. The van der Waals surface area contributed by atoms with Crippen molar-refractivity contribution in [3.05, 3.63) is 28.2 Å². The first kappa shape index (κ1) is 14.7. The third kappa shape index (κ3) is 3.64. The quantitative estimate of drug-likeness (QED) is 0.789. The molecule has 1 saturated carbocycles. The normalized spacial score (nSPS) is 21.8. The number of amides is 1. The Morgan fingerprint density at radius 1 is 1.35 bits per heavy atom. The van der Waals surface area contributed by atoms with Crippen molar-refractivity contribution in [2.45, 2.75) is 37.8 Å². The number of rotatable bonds is 3. The number of benzene rings is 1. The van der Waals surface area contributed by atoms with E-state index in [9.17, 15) is 4.79 Å². The van der Waals surface area contributed by atoms with Crippen molar-refractivity contribution in [2.75, 3.05) is 5.32 Å². The summed E-state index contributed by atoms with van der Waals surface area (Å²) in [4.78, 5) is 10.8. The molecular weight excluding hydrogens is 322 g/mol. The second kappa shape index (κ2) is 6.62. The fourth-order valence-corrected chi connectivity index (χ4v) is 3.01. The maximum Gasteiger partial charge on any atom is 0.404 e. The molecule has 1 aromatic rings. The molecule has 0 aromatic heterocycles. The zero-order valence-electron chi connectivity index (χ0n) is 10.9. The van der Waals surface area contributed by atoms with Crippen LogP contribution in [0.4, 0.5) is 10.5 Å². The van der Waals surface area contributed by atoms with E-state index in [1.54, 1.807) is 6.07 Å². The number of nitrogens with one attached hydrogen (secondary N) is 2. The Morgan fingerprint density at radius 3 is 2.65 bits per heavy atom. The van der Waals surface area contributed by atoms with Crippen LogP contribution in [0, 0.1) is 11.3 Å². The van der Waals surface area contributed by atoms with Crippen molar-refractivity contribution in [1.29, 1.82) is 5.26 Å². The van der Waals surface area contributed by atoms with Crippen LogP contribution in [0.15, 0.2) is 22.7 Å². The van der Waals surface area contributed by atoms with E-state index in [1.807, 2.05) is 12.1 Å². The molecule has 0 spiro atoms. The number of hydrogen-bond donors (Lipinski definition) is 3. The smallest absolute Gasteiger partial charge is 0.404 e. The molecule has 1 aromatic carbocycles. The fourth-order valence-electron chi connectivity index (χ4n) is 2.54. The summed E-state index contributed by atoms with van der Waals surface area (Å²) < 4.78 is 0.739. The lowest BCUT2D eigenvalue weighted by atomic mass is 9.90. The van der Waals surface area contributed by atoms with Crippen LogP contribution in [0.2, 0.25) is 0 Å². The minimum atomic E-state index is -0.982. The molecule has 2 atom stereocenters. The maximum atomic E-state index is 10.8. The Morgan fingerprint density at radius 2 is 2.05 bits per heavy atom. The molecule has 5 nitrogen and oxygen atoms in total. The molecule has 0 heterocycles. The van der Waals surface area contributed by atoms with Gasteiger partial charge >= 0.3 is 6.09 Å². The summed E-state index contributed by atoms with van der Waals surface area (Å²) in [6, 6.07) is 7.55. The zero-order chi connectivity index (χ0) is 14.5. The molecule has 1 aliphatic rings. The van der Waals surface area contributed by atoms with Gasteiger partial charge in [0.1, 0.15) is 6.07 Å². The van der Waals surface area contributed by atoms with Gasteiger partial charge in [-0.3, -0.25) is 0 Å². The van der Waals surface area contributed by atoms with Crippen LogP contribution in [0.1, 0.15) is 31.2 Å². The minimum Gasteiger partial charge on any atom is -0.465 e. The van der Waals surface area contributed by atoms with Gasteiger partial charge in [0.15, 0.2) is 0 Å². The van der Waals surface area contributed by atoms with E-state index in [0.717, 1.165) is 35.8 Å². The van der Waals surface area contributed by atoms with E-state index in [-0.39, 0.29) is 12.1 Å². The number of anilines is 1. The first-order chi connectivity index (χ1) is 9.60. The maximum absolute atomic E-state index is 10.8. The Labute approximate surface area is 126 Å². The number of halogens is 1. The Hall–Kier alpha value is -1.74. The van der Waals surface area contributed by atoms with Gasteiger partial charge in [0.25, 0.3) is 0 Å². The average molecular weight is 338 g/mol. The summed E-state index contributed by atoms with van der Waals surface area (Å²) in [5, 5.41) is 23.7. The van der Waals surface area contributed by atoms with Gasteiger partial charge in [-0.25, -0.2) is 4.79 Å². The predicted octanol–water partition coefficient (Wildman–Crippen LogP) is 3.31. The largest absolute Gasteiger partial charge is 0.465 e. The Balaban J connectivity index is 2.08. The first-order valence-corrected chi connectivity index (χ1v) is 7.35. The van der Waals surface area contributed by atoms with Gasteiger partial charge in [0.2, 0.25) is 0 Å². The number of nitrogens with zero attached hydrogens (tertiary/aromatic N) is 1. The molecule has 20 heavy (non-hydrogen) atoms. The first-order valence-electron chi connectivity index (χ1n) is 6.56. The van der Waals surface area contributed by atoms with Crippen LogP contribution >= 0.6 is 15.9 Å². The van der Waals surface area contributed by atoms with E-state index >= 15 is 0 Å². The van der Waals surface area contributed by atoms with Gasteiger partial charge in [-0.05, 0) is 47.0 Å². The summed E-state index contributed by atoms with van der Waals surface area (Å²) in [5.74, 6) is 0. The SMILES string of the molecule is N#Cc1ccc(NC2CCCCC2NC(=O)O)cc1Br. The highest BCUT2D eigenvalue weighted by molar-refractivity contribution is 9.10. The number of carboxylic acid groups (broad SMARTS) is 1. The third-order valence-corrected chi connectivity index (χ3v) is 4.17. The van der Waals surface area contributed by atoms with Crippen molar-refractivity contribution >= 4 is 27.7 Å². The standard InChI is InChI=1S/C14H16BrN3O2/c15-11-7-10(6-5-9(11)8-16)17-12-3-1-2-4-13(12)18-14(19)20/h5-7,12-13,17-18H,1-4H2,(H,19,20). The fraction of sp³-hybridized carbons (Fsp3) is 0.429. The van der Waals surface area contributed by atoms with Gasteiger partial charge in [-0.2, -0.15) is 5.26 Å². The van der Waals surface area contributed by atoms with Crippen LogP contribution in [0.3, 0.4) is 0 Å². The highest BCUT2D eigenvalue weighted by Crippen LogP contribution is 2.25. The molecule has 2 unspecified atom stereocenters. The molecule has 0 aliphatic heterocycles. The van der Waals surface area contributed by atoms with E-state index in [0.29, 0.717) is 5.56 Å². The molecule has 0 saturated heterocycles. The van der Waals surface area contributed by atoms with Crippen LogP contribution in [0.25, 0.3) is 0 Å². The van der Waals surface area contributed by atoms with Gasteiger partial charge in [0, 0.05) is 16.2 Å². The van der Waals surface area contributed by atoms with Gasteiger partial charge in [-0.1, -0.05) is 12.8 Å². The monoisotopic (exact) mass is 337 g/mol. The molecule has 0 bridgehead atoms. The summed E-state index contributed by atoms with van der Waals surface area (Å²) in [5.41, 5.74) is 1.47. The lowest BCUT2D eigenvalue weighted by molar-refractivity contribution is 0.184. The second-order valence-electron chi connectivity index (χ2n) is 4.90. The molecular formula is C14H16BrN3O2. The molecule has 1 aliphatic carbocycles. The topological polar surface area (TPSA) is 85.2 Å². The van der Waals surface area contributed by atoms with E-state index < -0.39 is 6.09 Å². The molecule has 106 valence electrons. The minimum absolute atomic E-state index is 0.0735. The van der Waals surface area contributed by atoms with Crippen molar-refractivity contribution in [2.24, 2.45) is 0 Å². The van der Waals surface area contributed by atoms with Crippen LogP contribution < -0.4 is 10.6 Å². The molecule has 1 fully saturated rings. The molecule has 0 radical (unpaired) electrons. The van der Waals surface area contributed by atoms with Gasteiger partial charge < -0.3 is 15.7 Å².